The third-order valence-electron chi connectivity index (χ3n) is 10.6. The lowest BCUT2D eigenvalue weighted by Gasteiger charge is -2.29. The van der Waals surface area contributed by atoms with Crippen molar-refractivity contribution in [2.45, 2.75) is 26.2 Å². The quantitative estimate of drug-likeness (QED) is 0.181. The van der Waals surface area contributed by atoms with E-state index >= 15 is 0 Å². The van der Waals surface area contributed by atoms with Gasteiger partial charge in [0.2, 0.25) is 0 Å². The molecule has 0 N–H and O–H groups in total. The highest BCUT2D eigenvalue weighted by Crippen LogP contribution is 2.49. The van der Waals surface area contributed by atoms with Crippen LogP contribution in [0.1, 0.15) is 26.3 Å². The molecule has 0 fully saturated rings. The first-order valence-corrected chi connectivity index (χ1v) is 18.3. The summed E-state index contributed by atoms with van der Waals surface area (Å²) >= 11 is 0. The van der Waals surface area contributed by atoms with Crippen molar-refractivity contribution < 1.29 is 8.83 Å². The first kappa shape index (κ1) is 31.2. The molecule has 0 atom stereocenters. The molecule has 0 radical (unpaired) electrons. The van der Waals surface area contributed by atoms with Crippen molar-refractivity contribution in [2.24, 2.45) is 0 Å². The lowest BCUT2D eigenvalue weighted by Crippen LogP contribution is -2.14. The fraction of sp³-hybridized carbons (Fsp3) is 0.0800. The number of hydrogen-bond acceptors (Lipinski definition) is 3. The van der Waals surface area contributed by atoms with Gasteiger partial charge in [-0.2, -0.15) is 0 Å². The van der Waals surface area contributed by atoms with Crippen LogP contribution in [0.5, 0.6) is 0 Å². The predicted octanol–water partition coefficient (Wildman–Crippen LogP) is 14.7. The van der Waals surface area contributed by atoms with E-state index in [9.17, 15) is 0 Å². The molecule has 2 heterocycles. The molecule has 0 amide bonds. The SMILES string of the molecule is CC(C)(C)c1ccc(N(c2ccc(-c3ccccc3)cc2)c2ccc(-c3ccccc3)c3ccccc23)c2oc3c(ccc4oc5ccccc5c43)c12. The van der Waals surface area contributed by atoms with E-state index in [2.05, 4.69) is 183 Å². The Hall–Kier alpha value is -6.58. The lowest BCUT2D eigenvalue weighted by atomic mass is 9.83. The summed E-state index contributed by atoms with van der Waals surface area (Å²) in [6.45, 7) is 6.84. The highest BCUT2D eigenvalue weighted by molar-refractivity contribution is 6.24. The summed E-state index contributed by atoms with van der Waals surface area (Å²) in [6, 6.07) is 60.4. The zero-order valence-electron chi connectivity index (χ0n) is 29.9. The van der Waals surface area contributed by atoms with Crippen molar-refractivity contribution in [3.05, 3.63) is 175 Å². The van der Waals surface area contributed by atoms with E-state index in [4.69, 9.17) is 8.83 Å². The molecule has 3 nitrogen and oxygen atoms in total. The average molecular weight is 684 g/mol. The second kappa shape index (κ2) is 12.0. The standard InChI is InChI=1S/C50H37NO2/c1-50(2,3)41-28-30-43(49-46(41)40-27-31-45-47(48(40)53-49)39-20-12-13-21-44(39)52-45)51(35-24-22-33(23-25-35)32-14-6-4-7-15-32)42-29-26-36(34-16-8-5-9-17-34)37-18-10-11-19-38(37)42/h4-31H,1-3H3. The van der Waals surface area contributed by atoms with E-state index in [0.717, 1.165) is 66.3 Å². The van der Waals surface area contributed by atoms with Crippen LogP contribution in [0.3, 0.4) is 0 Å². The van der Waals surface area contributed by atoms with Gasteiger partial charge in [-0.3, -0.25) is 0 Å². The highest BCUT2D eigenvalue weighted by atomic mass is 16.3. The third-order valence-corrected chi connectivity index (χ3v) is 10.6. The Kier molecular flexibility index (Phi) is 7.06. The van der Waals surface area contributed by atoms with Gasteiger partial charge in [-0.1, -0.05) is 148 Å². The number of benzene rings is 8. The molecule has 0 aliphatic heterocycles. The van der Waals surface area contributed by atoms with Crippen LogP contribution in [0.15, 0.2) is 179 Å². The minimum atomic E-state index is -0.132. The van der Waals surface area contributed by atoms with Crippen molar-refractivity contribution in [2.75, 3.05) is 4.90 Å². The van der Waals surface area contributed by atoms with Gasteiger partial charge in [0.1, 0.15) is 16.7 Å². The molecule has 0 saturated heterocycles. The summed E-state index contributed by atoms with van der Waals surface area (Å²) in [5.74, 6) is 0. The molecule has 0 spiro atoms. The second-order valence-electron chi connectivity index (χ2n) is 14.9. The summed E-state index contributed by atoms with van der Waals surface area (Å²) in [4.78, 5) is 2.38. The molecule has 254 valence electrons. The number of hydrogen-bond donors (Lipinski definition) is 0. The van der Waals surface area contributed by atoms with Crippen LogP contribution in [0.2, 0.25) is 0 Å². The van der Waals surface area contributed by atoms with Gasteiger partial charge in [-0.25, -0.2) is 0 Å². The van der Waals surface area contributed by atoms with Gasteiger partial charge >= 0.3 is 0 Å². The van der Waals surface area contributed by atoms with Gasteiger partial charge in [0, 0.05) is 27.2 Å². The average Bonchev–Trinajstić information content (AvgIpc) is 3.78. The summed E-state index contributed by atoms with van der Waals surface area (Å²) in [6.07, 6.45) is 0. The van der Waals surface area contributed by atoms with Crippen LogP contribution in [0.4, 0.5) is 17.1 Å². The molecule has 10 aromatic rings. The Morgan fingerprint density at radius 3 is 1.75 bits per heavy atom. The Morgan fingerprint density at radius 2 is 1.02 bits per heavy atom. The van der Waals surface area contributed by atoms with Gasteiger partial charge in [-0.15, -0.1) is 0 Å². The number of para-hydroxylation sites is 1. The molecule has 0 unspecified atom stereocenters. The topological polar surface area (TPSA) is 29.5 Å². The number of anilines is 3. The Morgan fingerprint density at radius 1 is 0.396 bits per heavy atom. The Balaban J connectivity index is 1.29. The predicted molar refractivity (Wildman–Crippen MR) is 223 cm³/mol. The van der Waals surface area contributed by atoms with E-state index in [0.29, 0.717) is 0 Å². The normalized spacial score (nSPS) is 12.1. The zero-order valence-corrected chi connectivity index (χ0v) is 29.9. The van der Waals surface area contributed by atoms with E-state index in [1.807, 2.05) is 12.1 Å². The Labute approximate surface area is 308 Å². The van der Waals surface area contributed by atoms with Gasteiger partial charge in [0.25, 0.3) is 0 Å². The fourth-order valence-electron chi connectivity index (χ4n) is 8.12. The van der Waals surface area contributed by atoms with Crippen LogP contribution in [0.25, 0.3) is 76.9 Å². The number of fused-ring (bicyclic) bond motifs is 8. The molecule has 2 aromatic heterocycles. The monoisotopic (exact) mass is 683 g/mol. The van der Waals surface area contributed by atoms with Crippen LogP contribution in [0, 0.1) is 0 Å². The van der Waals surface area contributed by atoms with E-state index in [-0.39, 0.29) is 5.41 Å². The highest BCUT2D eigenvalue weighted by Gasteiger charge is 2.28. The summed E-state index contributed by atoms with van der Waals surface area (Å²) in [7, 11) is 0. The van der Waals surface area contributed by atoms with E-state index in [1.165, 1.54) is 33.2 Å². The van der Waals surface area contributed by atoms with E-state index < -0.39 is 0 Å². The van der Waals surface area contributed by atoms with Crippen molar-refractivity contribution in [1.29, 1.82) is 0 Å². The molecular weight excluding hydrogens is 647 g/mol. The molecule has 53 heavy (non-hydrogen) atoms. The smallest absolute Gasteiger partial charge is 0.159 e. The molecule has 3 heteroatoms. The number of rotatable bonds is 5. The molecule has 0 saturated carbocycles. The second-order valence-corrected chi connectivity index (χ2v) is 14.9. The maximum atomic E-state index is 7.22. The lowest BCUT2D eigenvalue weighted by molar-refractivity contribution is 0.595. The molecule has 0 aliphatic rings. The summed E-state index contributed by atoms with van der Waals surface area (Å²) in [5, 5.41) is 6.65. The summed E-state index contributed by atoms with van der Waals surface area (Å²) in [5.41, 5.74) is 12.4. The maximum Gasteiger partial charge on any atom is 0.159 e. The van der Waals surface area contributed by atoms with Crippen LogP contribution in [-0.4, -0.2) is 0 Å². The molecule has 0 aliphatic carbocycles. The van der Waals surface area contributed by atoms with Crippen LogP contribution >= 0.6 is 0 Å². The minimum absolute atomic E-state index is 0.132. The van der Waals surface area contributed by atoms with E-state index in [1.54, 1.807) is 0 Å². The molecule has 8 aromatic carbocycles. The van der Waals surface area contributed by atoms with Crippen molar-refractivity contribution in [1.82, 2.24) is 0 Å². The minimum Gasteiger partial charge on any atom is -0.456 e. The molecule has 0 bridgehead atoms. The first-order valence-electron chi connectivity index (χ1n) is 18.3. The summed E-state index contributed by atoms with van der Waals surface area (Å²) < 4.78 is 13.6. The van der Waals surface area contributed by atoms with Gasteiger partial charge in [-0.05, 0) is 81.1 Å². The number of nitrogens with zero attached hydrogens (tertiary/aromatic N) is 1. The molecular formula is C50H37NO2. The van der Waals surface area contributed by atoms with Gasteiger partial charge in [0.05, 0.1) is 16.8 Å². The van der Waals surface area contributed by atoms with Crippen molar-refractivity contribution >= 4 is 71.7 Å². The zero-order chi connectivity index (χ0) is 35.7. The van der Waals surface area contributed by atoms with Gasteiger partial charge < -0.3 is 13.7 Å². The number of furan rings is 2. The maximum absolute atomic E-state index is 7.22. The fourth-order valence-corrected chi connectivity index (χ4v) is 8.12. The third kappa shape index (κ3) is 5.03. The van der Waals surface area contributed by atoms with Gasteiger partial charge in [0.15, 0.2) is 5.58 Å². The largest absolute Gasteiger partial charge is 0.456 e. The first-order chi connectivity index (χ1) is 25.9. The van der Waals surface area contributed by atoms with Crippen LogP contribution < -0.4 is 4.90 Å². The Bertz CT molecular complexity index is 2960. The van der Waals surface area contributed by atoms with Crippen molar-refractivity contribution in [3.8, 4) is 22.3 Å². The van der Waals surface area contributed by atoms with Crippen molar-refractivity contribution in [3.63, 3.8) is 0 Å². The van der Waals surface area contributed by atoms with Crippen LogP contribution in [-0.2, 0) is 5.41 Å². The molecule has 10 rings (SSSR count).